The van der Waals surface area contributed by atoms with Gasteiger partial charge in [0.15, 0.2) is 11.5 Å². The summed E-state index contributed by atoms with van der Waals surface area (Å²) in [7, 11) is 0. The van der Waals surface area contributed by atoms with Gasteiger partial charge in [-0.1, -0.05) is 30.7 Å². The summed E-state index contributed by atoms with van der Waals surface area (Å²) in [4.78, 5) is 11.5. The van der Waals surface area contributed by atoms with Crippen LogP contribution < -0.4 is 0 Å². The number of carbonyl (C=O) groups excluding carboxylic acids is 1. The van der Waals surface area contributed by atoms with E-state index < -0.39 is 5.97 Å². The molecule has 156 valence electrons. The van der Waals surface area contributed by atoms with E-state index in [0.29, 0.717) is 5.76 Å². The number of allylic oxidation sites excluding steroid dienone is 5. The maximum Gasteiger partial charge on any atom is 0.343 e. The van der Waals surface area contributed by atoms with Gasteiger partial charge in [-0.3, -0.25) is 0 Å². The quantitative estimate of drug-likeness (QED) is 0.425. The molecule has 1 aromatic heterocycles. The van der Waals surface area contributed by atoms with E-state index in [-0.39, 0.29) is 22.7 Å². The molecule has 4 heteroatoms. The number of rotatable bonds is 7. The molecule has 0 saturated heterocycles. The molecule has 0 fully saturated rings. The molecule has 1 aliphatic heterocycles. The Kier molecular flexibility index (Phi) is 6.51. The van der Waals surface area contributed by atoms with E-state index in [1.54, 1.807) is 6.92 Å². The van der Waals surface area contributed by atoms with Gasteiger partial charge in [-0.25, -0.2) is 4.79 Å². The summed E-state index contributed by atoms with van der Waals surface area (Å²) in [6.45, 7) is 8.06. The molecule has 29 heavy (non-hydrogen) atoms. The molecule has 0 aromatic carbocycles. The van der Waals surface area contributed by atoms with E-state index in [9.17, 15) is 9.90 Å². The molecule has 1 N–H and O–H groups in total. The average molecular weight is 397 g/mol. The number of hydrogen-bond donors (Lipinski definition) is 1. The first-order valence-corrected chi connectivity index (χ1v) is 10.6. The Labute approximate surface area is 173 Å². The Hall–Kier alpha value is -2.49. The molecule has 0 bridgehead atoms. The molecule has 2 atom stereocenters. The van der Waals surface area contributed by atoms with Gasteiger partial charge in [0, 0.05) is 5.41 Å². The minimum atomic E-state index is -0.458. The first-order valence-electron chi connectivity index (χ1n) is 10.6. The molecule has 1 aliphatic carbocycles. The van der Waals surface area contributed by atoms with E-state index in [2.05, 4.69) is 45.1 Å². The Morgan fingerprint density at radius 3 is 2.93 bits per heavy atom. The summed E-state index contributed by atoms with van der Waals surface area (Å²) < 4.78 is 10.9. The van der Waals surface area contributed by atoms with Gasteiger partial charge in [0.05, 0.1) is 11.8 Å². The van der Waals surface area contributed by atoms with Crippen LogP contribution in [0, 0.1) is 5.92 Å². The maximum atomic E-state index is 11.5. The van der Waals surface area contributed by atoms with E-state index in [4.69, 9.17) is 9.15 Å². The van der Waals surface area contributed by atoms with Crippen LogP contribution in [0.15, 0.2) is 63.7 Å². The fourth-order valence-corrected chi connectivity index (χ4v) is 4.12. The monoisotopic (exact) mass is 396 g/mol. The van der Waals surface area contributed by atoms with Crippen molar-refractivity contribution in [2.75, 3.05) is 0 Å². The van der Waals surface area contributed by atoms with Crippen LogP contribution in [0.5, 0.6) is 0 Å². The van der Waals surface area contributed by atoms with Gasteiger partial charge in [0.25, 0.3) is 0 Å². The number of esters is 1. The zero-order valence-corrected chi connectivity index (χ0v) is 18.0. The second-order valence-corrected chi connectivity index (χ2v) is 8.68. The van der Waals surface area contributed by atoms with Crippen LogP contribution in [0.4, 0.5) is 0 Å². The molecule has 1 aromatic rings. The van der Waals surface area contributed by atoms with Gasteiger partial charge >= 0.3 is 5.97 Å². The Morgan fingerprint density at radius 1 is 1.41 bits per heavy atom. The summed E-state index contributed by atoms with van der Waals surface area (Å²) in [5.74, 6) is 1.16. The van der Waals surface area contributed by atoms with Crippen LogP contribution in [0.2, 0.25) is 0 Å². The van der Waals surface area contributed by atoms with E-state index in [1.807, 2.05) is 12.3 Å². The summed E-state index contributed by atoms with van der Waals surface area (Å²) in [6, 6.07) is 2.10. The van der Waals surface area contributed by atoms with E-state index >= 15 is 0 Å². The van der Waals surface area contributed by atoms with Crippen molar-refractivity contribution in [1.82, 2.24) is 0 Å². The number of furan rings is 1. The predicted molar refractivity (Wildman–Crippen MR) is 114 cm³/mol. The molecular formula is C25H32O4. The zero-order chi connectivity index (χ0) is 21.0. The third-order valence-corrected chi connectivity index (χ3v) is 6.02. The van der Waals surface area contributed by atoms with Crippen molar-refractivity contribution in [3.63, 3.8) is 0 Å². The van der Waals surface area contributed by atoms with Crippen LogP contribution in [0.25, 0.3) is 0 Å². The van der Waals surface area contributed by atoms with Crippen LogP contribution >= 0.6 is 0 Å². The highest BCUT2D eigenvalue weighted by Crippen LogP contribution is 2.39. The van der Waals surface area contributed by atoms with Crippen LogP contribution in [0.1, 0.15) is 71.1 Å². The summed E-state index contributed by atoms with van der Waals surface area (Å²) in [5, 5.41) is 9.91. The second-order valence-electron chi connectivity index (χ2n) is 8.68. The lowest BCUT2D eigenvalue weighted by Gasteiger charge is -2.29. The SMILES string of the molecule is CC1=C(O)/C(=C/[C@H](C)CCC/C(C)=C\C=C\[C@@]2(C)CCCc3ccoc32)OC1=O. The Morgan fingerprint density at radius 2 is 2.21 bits per heavy atom. The maximum absolute atomic E-state index is 11.5. The van der Waals surface area contributed by atoms with Gasteiger partial charge in [-0.2, -0.15) is 0 Å². The second kappa shape index (κ2) is 8.89. The van der Waals surface area contributed by atoms with Crippen molar-refractivity contribution < 1.29 is 19.1 Å². The topological polar surface area (TPSA) is 59.7 Å². The molecule has 0 amide bonds. The van der Waals surface area contributed by atoms with Gasteiger partial charge in [0.1, 0.15) is 5.76 Å². The summed E-state index contributed by atoms with van der Waals surface area (Å²) in [5.41, 5.74) is 2.95. The molecule has 0 unspecified atom stereocenters. The Bertz CT molecular complexity index is 880. The molecule has 3 rings (SSSR count). The van der Waals surface area contributed by atoms with Gasteiger partial charge < -0.3 is 14.3 Å². The summed E-state index contributed by atoms with van der Waals surface area (Å²) >= 11 is 0. The molecular weight excluding hydrogens is 364 g/mol. The lowest BCUT2D eigenvalue weighted by Crippen LogP contribution is -2.23. The number of ether oxygens (including phenoxy) is 1. The molecule has 0 radical (unpaired) electrons. The van der Waals surface area contributed by atoms with Crippen LogP contribution in [0.3, 0.4) is 0 Å². The predicted octanol–water partition coefficient (Wildman–Crippen LogP) is 6.46. The van der Waals surface area contributed by atoms with Gasteiger partial charge in [0.2, 0.25) is 0 Å². The fraction of sp³-hybridized carbons (Fsp3) is 0.480. The zero-order valence-electron chi connectivity index (χ0n) is 18.0. The first-order chi connectivity index (χ1) is 13.8. The van der Waals surface area contributed by atoms with Crippen molar-refractivity contribution in [2.45, 2.75) is 71.6 Å². The molecule has 0 saturated carbocycles. The summed E-state index contributed by atoms with van der Waals surface area (Å²) in [6.07, 6.45) is 16.7. The standard InChI is InChI=1S/C25H32O4/c1-17(8-5-9-18(2)16-21-22(26)19(3)24(27)29-21)10-6-13-25(4)14-7-11-20-12-15-28-23(20)25/h6,10,12-13,15-16,18,26H,5,7-9,11,14H2,1-4H3/b13-6+,17-10-,21-16-/t18-,25+/m1/s1. The highest BCUT2D eigenvalue weighted by molar-refractivity contribution is 5.93. The van der Waals surface area contributed by atoms with Crippen molar-refractivity contribution >= 4 is 5.97 Å². The van der Waals surface area contributed by atoms with Crippen molar-refractivity contribution in [3.8, 4) is 0 Å². The van der Waals surface area contributed by atoms with Crippen molar-refractivity contribution in [1.29, 1.82) is 0 Å². The molecule has 0 spiro atoms. The number of fused-ring (bicyclic) bond motifs is 1. The van der Waals surface area contributed by atoms with E-state index in [0.717, 1.165) is 37.9 Å². The first kappa shape index (κ1) is 21.2. The molecule has 2 aliphatic rings. The van der Waals surface area contributed by atoms with E-state index in [1.165, 1.54) is 17.6 Å². The minimum Gasteiger partial charge on any atom is -0.504 e. The molecule has 2 heterocycles. The highest BCUT2D eigenvalue weighted by atomic mass is 16.6. The average Bonchev–Trinajstić information content (AvgIpc) is 3.24. The number of aliphatic hydroxyl groups is 1. The highest BCUT2D eigenvalue weighted by Gasteiger charge is 2.32. The third kappa shape index (κ3) is 4.92. The normalized spacial score (nSPS) is 25.0. The van der Waals surface area contributed by atoms with Crippen LogP contribution in [-0.4, -0.2) is 11.1 Å². The lowest BCUT2D eigenvalue weighted by molar-refractivity contribution is -0.133. The fourth-order valence-electron chi connectivity index (χ4n) is 4.12. The molecule has 4 nitrogen and oxygen atoms in total. The number of aliphatic hydroxyl groups excluding tert-OH is 1. The lowest BCUT2D eigenvalue weighted by atomic mass is 9.75. The Balaban J connectivity index is 1.49. The number of carbonyl (C=O) groups is 1. The smallest absolute Gasteiger partial charge is 0.343 e. The van der Waals surface area contributed by atoms with Gasteiger partial charge in [-0.05, 0) is 82.9 Å². The largest absolute Gasteiger partial charge is 0.504 e. The van der Waals surface area contributed by atoms with Crippen molar-refractivity contribution in [3.05, 3.63) is 70.6 Å². The number of aryl methyl sites for hydroxylation is 1. The van der Waals surface area contributed by atoms with Crippen molar-refractivity contribution in [2.24, 2.45) is 5.92 Å². The van der Waals surface area contributed by atoms with Gasteiger partial charge in [-0.15, -0.1) is 0 Å². The number of cyclic esters (lactones) is 1. The minimum absolute atomic E-state index is 0.0130. The van der Waals surface area contributed by atoms with Crippen LogP contribution in [-0.2, 0) is 21.4 Å². The number of hydrogen-bond acceptors (Lipinski definition) is 4. The third-order valence-electron chi connectivity index (χ3n) is 6.02.